The average molecular weight is 398 g/mol. The molecule has 1 amide bonds. The maximum Gasteiger partial charge on any atom is 0.343 e. The second kappa shape index (κ2) is 8.71. The van der Waals surface area contributed by atoms with Crippen molar-refractivity contribution in [1.29, 1.82) is 0 Å². The number of halogens is 1. The Labute approximate surface area is 168 Å². The highest BCUT2D eigenvalue weighted by Crippen LogP contribution is 2.24. The van der Waals surface area contributed by atoms with Crippen molar-refractivity contribution in [2.24, 2.45) is 0 Å². The minimum Gasteiger partial charge on any atom is -0.452 e. The minimum atomic E-state index is -0.675. The summed E-state index contributed by atoms with van der Waals surface area (Å²) in [6, 6.07) is 18.8. The number of hydrogen-bond acceptors (Lipinski definition) is 4. The highest BCUT2D eigenvalue weighted by Gasteiger charge is 2.23. The summed E-state index contributed by atoms with van der Waals surface area (Å²) in [7, 11) is 1.66. The van der Waals surface area contributed by atoms with Crippen LogP contribution in [-0.2, 0) is 16.1 Å². The summed E-state index contributed by atoms with van der Waals surface area (Å²) in [6.07, 6.45) is 0. The molecule has 7 heteroatoms. The smallest absolute Gasteiger partial charge is 0.343 e. The van der Waals surface area contributed by atoms with Crippen LogP contribution >= 0.6 is 11.6 Å². The van der Waals surface area contributed by atoms with Gasteiger partial charge in [-0.15, -0.1) is 0 Å². The maximum atomic E-state index is 12.5. The van der Waals surface area contributed by atoms with Gasteiger partial charge in [0, 0.05) is 13.6 Å². The predicted molar refractivity (Wildman–Crippen MR) is 107 cm³/mol. The van der Waals surface area contributed by atoms with E-state index in [1.54, 1.807) is 14.0 Å². The van der Waals surface area contributed by atoms with Crippen LogP contribution in [0.2, 0.25) is 5.15 Å². The Morgan fingerprint density at radius 1 is 1.07 bits per heavy atom. The third kappa shape index (κ3) is 4.40. The van der Waals surface area contributed by atoms with Gasteiger partial charge in [0.15, 0.2) is 6.61 Å². The quantitative estimate of drug-likeness (QED) is 0.595. The molecule has 1 heterocycles. The van der Waals surface area contributed by atoms with Gasteiger partial charge in [0.25, 0.3) is 5.91 Å². The molecular formula is C21H20ClN3O3. The van der Waals surface area contributed by atoms with Crippen molar-refractivity contribution < 1.29 is 14.3 Å². The lowest BCUT2D eigenvalue weighted by Gasteiger charge is -2.17. The van der Waals surface area contributed by atoms with E-state index in [1.165, 1.54) is 9.58 Å². The molecule has 3 aromatic rings. The van der Waals surface area contributed by atoms with Crippen LogP contribution in [-0.4, -0.2) is 40.2 Å². The number of aromatic nitrogens is 2. The first-order valence-electron chi connectivity index (χ1n) is 8.73. The molecule has 0 unspecified atom stereocenters. The lowest BCUT2D eigenvalue weighted by molar-refractivity contribution is -0.133. The molecule has 0 N–H and O–H groups in total. The summed E-state index contributed by atoms with van der Waals surface area (Å²) in [4.78, 5) is 26.3. The van der Waals surface area contributed by atoms with Gasteiger partial charge in [0.1, 0.15) is 10.7 Å². The van der Waals surface area contributed by atoms with Crippen LogP contribution < -0.4 is 0 Å². The lowest BCUT2D eigenvalue weighted by atomic mass is 10.2. The van der Waals surface area contributed by atoms with E-state index in [4.69, 9.17) is 16.3 Å². The summed E-state index contributed by atoms with van der Waals surface area (Å²) >= 11 is 6.35. The molecule has 28 heavy (non-hydrogen) atoms. The van der Waals surface area contributed by atoms with E-state index in [2.05, 4.69) is 5.10 Å². The van der Waals surface area contributed by atoms with E-state index in [-0.39, 0.29) is 23.2 Å². The summed E-state index contributed by atoms with van der Waals surface area (Å²) < 4.78 is 6.66. The molecule has 0 aliphatic rings. The first kappa shape index (κ1) is 19.6. The van der Waals surface area contributed by atoms with E-state index >= 15 is 0 Å². The molecule has 0 bridgehead atoms. The molecule has 144 valence electrons. The molecule has 0 spiro atoms. The fraction of sp³-hybridized carbons (Fsp3) is 0.190. The van der Waals surface area contributed by atoms with Crippen LogP contribution in [0.4, 0.5) is 0 Å². The van der Waals surface area contributed by atoms with Gasteiger partial charge in [-0.2, -0.15) is 5.10 Å². The Bertz CT molecular complexity index is 971. The molecule has 0 radical (unpaired) electrons. The molecule has 2 aromatic carbocycles. The van der Waals surface area contributed by atoms with Gasteiger partial charge in [-0.05, 0) is 24.6 Å². The van der Waals surface area contributed by atoms with Crippen LogP contribution in [0.15, 0.2) is 60.7 Å². The standard InChI is InChI=1S/C21H20ClN3O3/c1-15-19(20(22)25(23-15)17-11-7-4-8-12-17)21(27)28-14-18(26)24(2)13-16-9-5-3-6-10-16/h3-12H,13-14H2,1-2H3. The van der Waals surface area contributed by atoms with Gasteiger partial charge in [-0.1, -0.05) is 60.1 Å². The van der Waals surface area contributed by atoms with Crippen LogP contribution in [0.25, 0.3) is 5.69 Å². The number of para-hydroxylation sites is 1. The number of ether oxygens (including phenoxy) is 1. The molecule has 0 aliphatic heterocycles. The second-order valence-corrected chi connectivity index (χ2v) is 6.67. The summed E-state index contributed by atoms with van der Waals surface area (Å²) in [5, 5.41) is 4.46. The van der Waals surface area contributed by atoms with Crippen molar-refractivity contribution in [2.45, 2.75) is 13.5 Å². The predicted octanol–water partition coefficient (Wildman–Crippen LogP) is 3.65. The molecule has 0 atom stereocenters. The highest BCUT2D eigenvalue weighted by molar-refractivity contribution is 6.33. The van der Waals surface area contributed by atoms with Gasteiger partial charge in [0.2, 0.25) is 0 Å². The zero-order chi connectivity index (χ0) is 20.1. The van der Waals surface area contributed by atoms with Crippen molar-refractivity contribution in [2.75, 3.05) is 13.7 Å². The van der Waals surface area contributed by atoms with Crippen LogP contribution in [0.1, 0.15) is 21.6 Å². The third-order valence-corrected chi connectivity index (χ3v) is 4.57. The number of likely N-dealkylation sites (N-methyl/N-ethyl adjacent to an activating group) is 1. The number of hydrogen-bond donors (Lipinski definition) is 0. The number of carbonyl (C=O) groups excluding carboxylic acids is 2. The molecule has 0 saturated heterocycles. The fourth-order valence-electron chi connectivity index (χ4n) is 2.73. The first-order valence-corrected chi connectivity index (χ1v) is 9.10. The number of amides is 1. The molecule has 0 saturated carbocycles. The second-order valence-electron chi connectivity index (χ2n) is 6.31. The summed E-state index contributed by atoms with van der Waals surface area (Å²) in [5.74, 6) is -0.979. The maximum absolute atomic E-state index is 12.5. The van der Waals surface area contributed by atoms with Crippen LogP contribution in [0, 0.1) is 6.92 Å². The number of carbonyl (C=O) groups is 2. The molecular weight excluding hydrogens is 378 g/mol. The van der Waals surface area contributed by atoms with Gasteiger partial charge < -0.3 is 9.64 Å². The Kier molecular flexibility index (Phi) is 6.11. The highest BCUT2D eigenvalue weighted by atomic mass is 35.5. The Hall–Kier alpha value is -3.12. The molecule has 6 nitrogen and oxygen atoms in total. The number of aryl methyl sites for hydroxylation is 1. The van der Waals surface area contributed by atoms with E-state index in [1.807, 2.05) is 60.7 Å². The molecule has 3 rings (SSSR count). The van der Waals surface area contributed by atoms with Crippen molar-refractivity contribution in [3.8, 4) is 5.69 Å². The van der Waals surface area contributed by atoms with Crippen molar-refractivity contribution in [3.05, 3.63) is 82.6 Å². The topological polar surface area (TPSA) is 64.4 Å². The minimum absolute atomic E-state index is 0.152. The van der Waals surface area contributed by atoms with Crippen molar-refractivity contribution in [3.63, 3.8) is 0 Å². The van der Waals surface area contributed by atoms with E-state index in [9.17, 15) is 9.59 Å². The van der Waals surface area contributed by atoms with E-state index < -0.39 is 5.97 Å². The number of nitrogens with zero attached hydrogens (tertiary/aromatic N) is 3. The van der Waals surface area contributed by atoms with E-state index in [0.717, 1.165) is 11.3 Å². The van der Waals surface area contributed by atoms with Crippen LogP contribution in [0.3, 0.4) is 0 Å². The van der Waals surface area contributed by atoms with Gasteiger partial charge >= 0.3 is 5.97 Å². The largest absolute Gasteiger partial charge is 0.452 e. The number of benzene rings is 2. The Morgan fingerprint density at radius 3 is 2.32 bits per heavy atom. The zero-order valence-electron chi connectivity index (χ0n) is 15.6. The monoisotopic (exact) mass is 397 g/mol. The Morgan fingerprint density at radius 2 is 1.68 bits per heavy atom. The normalized spacial score (nSPS) is 10.5. The summed E-state index contributed by atoms with van der Waals surface area (Å²) in [6.45, 7) is 1.74. The molecule has 0 fully saturated rings. The summed E-state index contributed by atoms with van der Waals surface area (Å²) in [5.41, 5.74) is 2.31. The SMILES string of the molecule is Cc1nn(-c2ccccc2)c(Cl)c1C(=O)OCC(=O)N(C)Cc1ccccc1. The van der Waals surface area contributed by atoms with Crippen molar-refractivity contribution in [1.82, 2.24) is 14.7 Å². The van der Waals surface area contributed by atoms with Gasteiger partial charge in [-0.25, -0.2) is 9.48 Å². The third-order valence-electron chi connectivity index (χ3n) is 4.22. The molecule has 0 aliphatic carbocycles. The number of esters is 1. The van der Waals surface area contributed by atoms with Crippen LogP contribution in [0.5, 0.6) is 0 Å². The number of rotatable bonds is 6. The van der Waals surface area contributed by atoms with Gasteiger partial charge in [0.05, 0.1) is 11.4 Å². The fourth-order valence-corrected chi connectivity index (χ4v) is 3.08. The van der Waals surface area contributed by atoms with E-state index in [0.29, 0.717) is 12.2 Å². The van der Waals surface area contributed by atoms with Crippen molar-refractivity contribution >= 4 is 23.5 Å². The first-order chi connectivity index (χ1) is 13.5. The zero-order valence-corrected chi connectivity index (χ0v) is 16.4. The van der Waals surface area contributed by atoms with Gasteiger partial charge in [-0.3, -0.25) is 4.79 Å². The average Bonchev–Trinajstić information content (AvgIpc) is 3.01. The Balaban J connectivity index is 1.65. The molecule has 1 aromatic heterocycles. The lowest BCUT2D eigenvalue weighted by Crippen LogP contribution is -2.30.